The second-order valence-electron chi connectivity index (χ2n) is 6.22. The van der Waals surface area contributed by atoms with Gasteiger partial charge in [0.15, 0.2) is 5.76 Å². The van der Waals surface area contributed by atoms with Crippen molar-refractivity contribution in [1.82, 2.24) is 0 Å². The predicted octanol–water partition coefficient (Wildman–Crippen LogP) is 4.59. The fourth-order valence-corrected chi connectivity index (χ4v) is 3.38. The highest BCUT2D eigenvalue weighted by atomic mass is 16.3. The molecule has 1 saturated heterocycles. The van der Waals surface area contributed by atoms with Crippen LogP contribution in [-0.4, -0.2) is 19.0 Å². The Kier molecular flexibility index (Phi) is 3.73. The first-order valence-electron chi connectivity index (χ1n) is 8.37. The summed E-state index contributed by atoms with van der Waals surface area (Å²) in [5, 5.41) is 4.01. The maximum atomic E-state index is 12.7. The Morgan fingerprint density at radius 3 is 2.54 bits per heavy atom. The molecule has 24 heavy (non-hydrogen) atoms. The molecule has 1 aromatic heterocycles. The van der Waals surface area contributed by atoms with Gasteiger partial charge in [-0.3, -0.25) is 4.79 Å². The number of nitrogens with one attached hydrogen (secondary N) is 1. The Morgan fingerprint density at radius 2 is 1.75 bits per heavy atom. The molecule has 1 aliphatic rings. The highest BCUT2D eigenvalue weighted by Gasteiger charge is 2.20. The van der Waals surface area contributed by atoms with Gasteiger partial charge >= 0.3 is 0 Å². The lowest BCUT2D eigenvalue weighted by atomic mass is 10.1. The molecule has 1 N–H and O–H groups in total. The van der Waals surface area contributed by atoms with E-state index in [9.17, 15) is 4.79 Å². The van der Waals surface area contributed by atoms with E-state index in [1.165, 1.54) is 12.8 Å². The summed E-state index contributed by atoms with van der Waals surface area (Å²) in [5.74, 6) is 0.183. The van der Waals surface area contributed by atoms with Crippen LogP contribution in [0.3, 0.4) is 0 Å². The number of nitrogens with zero attached hydrogens (tertiary/aromatic N) is 1. The number of hydrogen-bond acceptors (Lipinski definition) is 3. The van der Waals surface area contributed by atoms with E-state index < -0.39 is 0 Å². The highest BCUT2D eigenvalue weighted by Crippen LogP contribution is 2.30. The van der Waals surface area contributed by atoms with Gasteiger partial charge in [-0.1, -0.05) is 30.3 Å². The molecule has 2 aromatic carbocycles. The van der Waals surface area contributed by atoms with Gasteiger partial charge in [0.2, 0.25) is 0 Å². The summed E-state index contributed by atoms with van der Waals surface area (Å²) in [5.41, 5.74) is 3.54. The molecule has 122 valence electrons. The van der Waals surface area contributed by atoms with Gasteiger partial charge in [0, 0.05) is 24.0 Å². The lowest BCUT2D eigenvalue weighted by Gasteiger charge is -2.21. The van der Waals surface area contributed by atoms with E-state index in [4.69, 9.17) is 4.42 Å². The zero-order valence-electron chi connectivity index (χ0n) is 13.7. The van der Waals surface area contributed by atoms with Crippen LogP contribution in [0.5, 0.6) is 0 Å². The van der Waals surface area contributed by atoms with Gasteiger partial charge in [-0.05, 0) is 38.0 Å². The molecule has 4 nitrogen and oxygen atoms in total. The van der Waals surface area contributed by atoms with Crippen molar-refractivity contribution in [3.05, 3.63) is 59.9 Å². The summed E-state index contributed by atoms with van der Waals surface area (Å²) in [7, 11) is 0. The van der Waals surface area contributed by atoms with Gasteiger partial charge in [-0.2, -0.15) is 0 Å². The molecule has 0 atom stereocenters. The number of anilines is 2. The molecule has 0 spiro atoms. The van der Waals surface area contributed by atoms with Crippen LogP contribution < -0.4 is 10.2 Å². The van der Waals surface area contributed by atoms with E-state index in [1.54, 1.807) is 0 Å². The van der Waals surface area contributed by atoms with Crippen LogP contribution in [0.2, 0.25) is 0 Å². The number of para-hydroxylation sites is 3. The topological polar surface area (TPSA) is 45.5 Å². The second-order valence-corrected chi connectivity index (χ2v) is 6.22. The Bertz CT molecular complexity index is 892. The van der Waals surface area contributed by atoms with Crippen molar-refractivity contribution in [1.29, 1.82) is 0 Å². The van der Waals surface area contributed by atoms with E-state index >= 15 is 0 Å². The van der Waals surface area contributed by atoms with Gasteiger partial charge in [-0.25, -0.2) is 0 Å². The average molecular weight is 320 g/mol. The maximum Gasteiger partial charge on any atom is 0.291 e. The van der Waals surface area contributed by atoms with E-state index in [2.05, 4.69) is 16.3 Å². The Labute approximate surface area is 141 Å². The molecule has 0 bridgehead atoms. The molecular formula is C20H20N2O2. The number of aryl methyl sites for hydroxylation is 1. The molecule has 3 aromatic rings. The van der Waals surface area contributed by atoms with Crippen LogP contribution in [0.25, 0.3) is 11.0 Å². The van der Waals surface area contributed by atoms with E-state index in [0.717, 1.165) is 41.0 Å². The van der Waals surface area contributed by atoms with Gasteiger partial charge in [-0.15, -0.1) is 0 Å². The highest BCUT2D eigenvalue weighted by molar-refractivity contribution is 6.07. The molecule has 4 rings (SSSR count). The van der Waals surface area contributed by atoms with E-state index in [-0.39, 0.29) is 5.91 Å². The molecule has 4 heteroatoms. The van der Waals surface area contributed by atoms with Crippen molar-refractivity contribution in [2.45, 2.75) is 19.8 Å². The maximum absolute atomic E-state index is 12.7. The standard InChI is InChI=1S/C20H20N2O2/c1-14-15-8-2-5-11-18(15)24-19(14)20(23)21-16-9-3-4-10-17(16)22-12-6-7-13-22/h2-5,8-11H,6-7,12-13H2,1H3,(H,21,23). The zero-order valence-corrected chi connectivity index (χ0v) is 13.7. The van der Waals surface area contributed by atoms with E-state index in [1.807, 2.05) is 49.4 Å². The van der Waals surface area contributed by atoms with Crippen molar-refractivity contribution < 1.29 is 9.21 Å². The minimum Gasteiger partial charge on any atom is -0.451 e. The third-order valence-corrected chi connectivity index (χ3v) is 4.65. The minimum atomic E-state index is -0.199. The first kappa shape index (κ1) is 14.8. The quantitative estimate of drug-likeness (QED) is 0.767. The SMILES string of the molecule is Cc1c(C(=O)Nc2ccccc2N2CCCC2)oc2ccccc12. The Morgan fingerprint density at radius 1 is 1.04 bits per heavy atom. The summed E-state index contributed by atoms with van der Waals surface area (Å²) in [6.45, 7) is 4.00. The molecule has 1 fully saturated rings. The molecule has 0 unspecified atom stereocenters. The third kappa shape index (κ3) is 2.54. The smallest absolute Gasteiger partial charge is 0.291 e. The van der Waals surface area contributed by atoms with Crippen molar-refractivity contribution in [2.24, 2.45) is 0 Å². The van der Waals surface area contributed by atoms with Crippen LogP contribution in [0.4, 0.5) is 11.4 Å². The number of fused-ring (bicyclic) bond motifs is 1. The minimum absolute atomic E-state index is 0.199. The lowest BCUT2D eigenvalue weighted by Crippen LogP contribution is -2.21. The summed E-state index contributed by atoms with van der Waals surface area (Å²) in [6, 6.07) is 15.7. The monoisotopic (exact) mass is 320 g/mol. The summed E-state index contributed by atoms with van der Waals surface area (Å²) >= 11 is 0. The molecule has 1 amide bonds. The van der Waals surface area contributed by atoms with E-state index in [0.29, 0.717) is 5.76 Å². The number of furan rings is 1. The van der Waals surface area contributed by atoms with Crippen LogP contribution in [0.1, 0.15) is 29.0 Å². The normalized spacial score (nSPS) is 14.3. The fourth-order valence-electron chi connectivity index (χ4n) is 3.38. The number of rotatable bonds is 3. The lowest BCUT2D eigenvalue weighted by molar-refractivity contribution is 0.0998. The first-order chi connectivity index (χ1) is 11.7. The Hall–Kier alpha value is -2.75. The molecule has 1 aliphatic heterocycles. The van der Waals surface area contributed by atoms with Crippen molar-refractivity contribution in [3.63, 3.8) is 0 Å². The Balaban J connectivity index is 1.65. The fraction of sp³-hybridized carbons (Fsp3) is 0.250. The van der Waals surface area contributed by atoms with Gasteiger partial charge in [0.05, 0.1) is 11.4 Å². The largest absolute Gasteiger partial charge is 0.451 e. The van der Waals surface area contributed by atoms with Crippen molar-refractivity contribution >= 4 is 28.3 Å². The van der Waals surface area contributed by atoms with Gasteiger partial charge in [0.1, 0.15) is 5.58 Å². The van der Waals surface area contributed by atoms with Gasteiger partial charge < -0.3 is 14.6 Å². The molecule has 0 saturated carbocycles. The summed E-state index contributed by atoms with van der Waals surface area (Å²) in [4.78, 5) is 15.1. The predicted molar refractivity (Wildman–Crippen MR) is 96.8 cm³/mol. The summed E-state index contributed by atoms with van der Waals surface area (Å²) in [6.07, 6.45) is 2.40. The molecule has 0 radical (unpaired) electrons. The number of carbonyl (C=O) groups excluding carboxylic acids is 1. The number of benzene rings is 2. The van der Waals surface area contributed by atoms with Crippen LogP contribution in [0.15, 0.2) is 52.9 Å². The average Bonchev–Trinajstić information content (AvgIpc) is 3.24. The van der Waals surface area contributed by atoms with Crippen LogP contribution in [-0.2, 0) is 0 Å². The first-order valence-corrected chi connectivity index (χ1v) is 8.37. The zero-order chi connectivity index (χ0) is 16.5. The van der Waals surface area contributed by atoms with Crippen molar-refractivity contribution in [3.8, 4) is 0 Å². The third-order valence-electron chi connectivity index (χ3n) is 4.65. The molecular weight excluding hydrogens is 300 g/mol. The second kappa shape index (κ2) is 6.04. The number of carbonyl (C=O) groups is 1. The molecule has 0 aliphatic carbocycles. The number of amides is 1. The molecule has 2 heterocycles. The summed E-state index contributed by atoms with van der Waals surface area (Å²) < 4.78 is 5.77. The van der Waals surface area contributed by atoms with Crippen LogP contribution in [0, 0.1) is 6.92 Å². The number of hydrogen-bond donors (Lipinski definition) is 1. The van der Waals surface area contributed by atoms with Crippen molar-refractivity contribution in [2.75, 3.05) is 23.3 Å². The van der Waals surface area contributed by atoms with Gasteiger partial charge in [0.25, 0.3) is 5.91 Å². The van der Waals surface area contributed by atoms with Crippen LogP contribution >= 0.6 is 0 Å².